The zero-order valence-electron chi connectivity index (χ0n) is 13.8. The number of likely N-dealkylation sites (tertiary alicyclic amines) is 1. The summed E-state index contributed by atoms with van der Waals surface area (Å²) >= 11 is 0. The summed E-state index contributed by atoms with van der Waals surface area (Å²) in [7, 11) is 0. The molecule has 124 valence electrons. The van der Waals surface area contributed by atoms with E-state index in [-0.39, 0.29) is 12.2 Å². The quantitative estimate of drug-likeness (QED) is 0.784. The van der Waals surface area contributed by atoms with Crippen LogP contribution in [0.25, 0.3) is 0 Å². The predicted molar refractivity (Wildman–Crippen MR) is 84.5 cm³/mol. The van der Waals surface area contributed by atoms with Gasteiger partial charge in [0.2, 0.25) is 0 Å². The van der Waals surface area contributed by atoms with E-state index in [1.165, 1.54) is 32.1 Å². The predicted octanol–water partition coefficient (Wildman–Crippen LogP) is 2.59. The highest BCUT2D eigenvalue weighted by Crippen LogP contribution is 2.24. The van der Waals surface area contributed by atoms with Crippen molar-refractivity contribution in [3.05, 3.63) is 0 Å². The fourth-order valence-corrected chi connectivity index (χ4v) is 3.36. The molecule has 2 rings (SSSR count). The van der Waals surface area contributed by atoms with E-state index in [1.807, 2.05) is 13.8 Å². The van der Waals surface area contributed by atoms with E-state index in [2.05, 4.69) is 4.90 Å². The minimum Gasteiger partial charge on any atom is -0.389 e. The van der Waals surface area contributed by atoms with Gasteiger partial charge in [0, 0.05) is 19.6 Å². The standard InChI is InChI=1S/C17H33NO3/c1-14(2)20-13-15(19)12-18-10-8-17(9-11-18)21-16-6-4-3-5-7-16/h14-17,19H,3-13H2,1-2H3. The summed E-state index contributed by atoms with van der Waals surface area (Å²) in [6, 6.07) is 0. The van der Waals surface area contributed by atoms with Gasteiger partial charge < -0.3 is 19.5 Å². The molecular weight excluding hydrogens is 266 g/mol. The minimum atomic E-state index is -0.372. The Morgan fingerprint density at radius 1 is 1.00 bits per heavy atom. The Morgan fingerprint density at radius 3 is 2.24 bits per heavy atom. The van der Waals surface area contributed by atoms with Gasteiger partial charge in [-0.1, -0.05) is 19.3 Å². The van der Waals surface area contributed by atoms with E-state index in [0.717, 1.165) is 32.5 Å². The first kappa shape index (κ1) is 17.2. The van der Waals surface area contributed by atoms with E-state index in [4.69, 9.17) is 9.47 Å². The lowest BCUT2D eigenvalue weighted by molar-refractivity contribution is -0.0637. The van der Waals surface area contributed by atoms with Gasteiger partial charge in [-0.2, -0.15) is 0 Å². The summed E-state index contributed by atoms with van der Waals surface area (Å²) in [6.07, 6.45) is 9.55. The van der Waals surface area contributed by atoms with Crippen LogP contribution in [0, 0.1) is 0 Å². The molecule has 0 bridgehead atoms. The lowest BCUT2D eigenvalue weighted by Crippen LogP contribution is -2.43. The molecule has 1 saturated carbocycles. The second-order valence-corrected chi connectivity index (χ2v) is 6.93. The Morgan fingerprint density at radius 2 is 1.62 bits per heavy atom. The van der Waals surface area contributed by atoms with Crippen molar-refractivity contribution in [3.63, 3.8) is 0 Å². The van der Waals surface area contributed by atoms with E-state index in [1.54, 1.807) is 0 Å². The highest BCUT2D eigenvalue weighted by atomic mass is 16.5. The first-order valence-electron chi connectivity index (χ1n) is 8.81. The SMILES string of the molecule is CC(C)OCC(O)CN1CCC(OC2CCCCC2)CC1. The van der Waals surface area contributed by atoms with Gasteiger partial charge in [0.05, 0.1) is 31.0 Å². The van der Waals surface area contributed by atoms with Crippen LogP contribution < -0.4 is 0 Å². The molecule has 0 aromatic rings. The molecule has 2 fully saturated rings. The number of aliphatic hydroxyl groups is 1. The molecule has 1 unspecified atom stereocenters. The van der Waals surface area contributed by atoms with Crippen LogP contribution in [0.1, 0.15) is 58.8 Å². The Labute approximate surface area is 129 Å². The van der Waals surface area contributed by atoms with Crippen molar-refractivity contribution in [3.8, 4) is 0 Å². The van der Waals surface area contributed by atoms with E-state index in [9.17, 15) is 5.11 Å². The second kappa shape index (κ2) is 9.09. The molecule has 1 heterocycles. The van der Waals surface area contributed by atoms with Gasteiger partial charge in [0.25, 0.3) is 0 Å². The largest absolute Gasteiger partial charge is 0.389 e. The molecule has 0 amide bonds. The summed E-state index contributed by atoms with van der Waals surface area (Å²) in [6.45, 7) is 7.24. The number of hydrogen-bond acceptors (Lipinski definition) is 4. The molecule has 21 heavy (non-hydrogen) atoms. The topological polar surface area (TPSA) is 41.9 Å². The molecule has 1 saturated heterocycles. The average molecular weight is 299 g/mol. The summed E-state index contributed by atoms with van der Waals surface area (Å²) in [4.78, 5) is 2.34. The van der Waals surface area contributed by atoms with Gasteiger partial charge >= 0.3 is 0 Å². The zero-order chi connectivity index (χ0) is 15.1. The molecule has 4 nitrogen and oxygen atoms in total. The van der Waals surface area contributed by atoms with Gasteiger partial charge in [0.1, 0.15) is 0 Å². The maximum Gasteiger partial charge on any atom is 0.0900 e. The Bertz CT molecular complexity index is 271. The maximum absolute atomic E-state index is 9.98. The van der Waals surface area contributed by atoms with Gasteiger partial charge in [-0.15, -0.1) is 0 Å². The molecule has 1 atom stereocenters. The lowest BCUT2D eigenvalue weighted by Gasteiger charge is -2.35. The van der Waals surface area contributed by atoms with Crippen LogP contribution in [0.3, 0.4) is 0 Å². The molecule has 1 aliphatic heterocycles. The fourth-order valence-electron chi connectivity index (χ4n) is 3.36. The number of hydrogen-bond donors (Lipinski definition) is 1. The van der Waals surface area contributed by atoms with Gasteiger partial charge in [-0.3, -0.25) is 0 Å². The van der Waals surface area contributed by atoms with Crippen molar-refractivity contribution < 1.29 is 14.6 Å². The lowest BCUT2D eigenvalue weighted by atomic mass is 9.97. The third-order valence-electron chi connectivity index (χ3n) is 4.56. The highest BCUT2D eigenvalue weighted by molar-refractivity contribution is 4.77. The van der Waals surface area contributed by atoms with Crippen molar-refractivity contribution in [2.24, 2.45) is 0 Å². The summed E-state index contributed by atoms with van der Waals surface area (Å²) in [5, 5.41) is 9.98. The van der Waals surface area contributed by atoms with Crippen molar-refractivity contribution in [2.75, 3.05) is 26.2 Å². The van der Waals surface area contributed by atoms with Crippen LogP contribution >= 0.6 is 0 Å². The minimum absolute atomic E-state index is 0.189. The van der Waals surface area contributed by atoms with Crippen LogP contribution in [0.15, 0.2) is 0 Å². The zero-order valence-corrected chi connectivity index (χ0v) is 13.8. The van der Waals surface area contributed by atoms with E-state index >= 15 is 0 Å². The highest BCUT2D eigenvalue weighted by Gasteiger charge is 2.24. The number of ether oxygens (including phenoxy) is 2. The molecule has 0 aromatic heterocycles. The summed E-state index contributed by atoms with van der Waals surface area (Å²) in [5.74, 6) is 0. The Hall–Kier alpha value is -0.160. The number of rotatable bonds is 7. The maximum atomic E-state index is 9.98. The van der Waals surface area contributed by atoms with E-state index in [0.29, 0.717) is 18.8 Å². The van der Waals surface area contributed by atoms with Crippen LogP contribution in [-0.2, 0) is 9.47 Å². The first-order valence-corrected chi connectivity index (χ1v) is 8.81. The Balaban J connectivity index is 1.59. The number of β-amino-alcohol motifs (C(OH)–C–C–N with tert-alkyl or cyclic N) is 1. The summed E-state index contributed by atoms with van der Waals surface area (Å²) < 4.78 is 11.7. The van der Waals surface area contributed by atoms with Crippen molar-refractivity contribution in [1.29, 1.82) is 0 Å². The van der Waals surface area contributed by atoms with Gasteiger partial charge in [-0.25, -0.2) is 0 Å². The second-order valence-electron chi connectivity index (χ2n) is 6.93. The Kier molecular flexibility index (Phi) is 7.44. The fraction of sp³-hybridized carbons (Fsp3) is 1.00. The third-order valence-corrected chi connectivity index (χ3v) is 4.56. The number of aliphatic hydroxyl groups excluding tert-OH is 1. The monoisotopic (exact) mass is 299 g/mol. The van der Waals surface area contributed by atoms with Crippen molar-refractivity contribution in [1.82, 2.24) is 4.90 Å². The van der Waals surface area contributed by atoms with Gasteiger partial charge in [-0.05, 0) is 39.5 Å². The van der Waals surface area contributed by atoms with Crippen LogP contribution in [0.5, 0.6) is 0 Å². The molecule has 4 heteroatoms. The number of piperidine rings is 1. The van der Waals surface area contributed by atoms with Crippen molar-refractivity contribution in [2.45, 2.75) is 83.2 Å². The molecular formula is C17H33NO3. The van der Waals surface area contributed by atoms with Gasteiger partial charge in [0.15, 0.2) is 0 Å². The molecule has 0 radical (unpaired) electrons. The summed E-state index contributed by atoms with van der Waals surface area (Å²) in [5.41, 5.74) is 0. The van der Waals surface area contributed by atoms with Crippen LogP contribution in [-0.4, -0.2) is 60.7 Å². The van der Waals surface area contributed by atoms with E-state index < -0.39 is 0 Å². The average Bonchev–Trinajstić information content (AvgIpc) is 2.48. The van der Waals surface area contributed by atoms with Crippen LogP contribution in [0.2, 0.25) is 0 Å². The number of nitrogens with zero attached hydrogens (tertiary/aromatic N) is 1. The van der Waals surface area contributed by atoms with Crippen molar-refractivity contribution >= 4 is 0 Å². The first-order chi connectivity index (χ1) is 10.1. The normalized spacial score (nSPS) is 24.6. The molecule has 1 aliphatic carbocycles. The molecule has 0 spiro atoms. The third kappa shape index (κ3) is 6.64. The molecule has 2 aliphatic rings. The molecule has 1 N–H and O–H groups in total. The van der Waals surface area contributed by atoms with Crippen LogP contribution in [0.4, 0.5) is 0 Å². The molecule has 0 aromatic carbocycles. The smallest absolute Gasteiger partial charge is 0.0900 e.